The minimum absolute atomic E-state index is 0.0349. The molecule has 1 N–H and O–H groups in total. The smallest absolute Gasteiger partial charge is 0.337 e. The molecule has 0 radical (unpaired) electrons. The Morgan fingerprint density at radius 3 is 2.50 bits per heavy atom. The van der Waals surface area contributed by atoms with Gasteiger partial charge in [-0.2, -0.15) is 4.68 Å². The van der Waals surface area contributed by atoms with Crippen LogP contribution in [0.1, 0.15) is 10.4 Å². The van der Waals surface area contributed by atoms with Crippen molar-refractivity contribution in [3.63, 3.8) is 0 Å². The Hall–Kier alpha value is -3.02. The van der Waals surface area contributed by atoms with E-state index in [2.05, 4.69) is 10.3 Å². The fourth-order valence-corrected chi connectivity index (χ4v) is 1.98. The van der Waals surface area contributed by atoms with Crippen molar-refractivity contribution in [2.75, 3.05) is 0 Å². The van der Waals surface area contributed by atoms with Gasteiger partial charge in [-0.1, -0.05) is 29.5 Å². The molecule has 0 amide bonds. The Balaban J connectivity index is 2.33. The topological polar surface area (TPSA) is 85.1 Å². The summed E-state index contributed by atoms with van der Waals surface area (Å²) in [5.41, 5.74) is 0.237. The third kappa shape index (κ3) is 1.83. The van der Waals surface area contributed by atoms with Crippen LogP contribution in [0.25, 0.3) is 16.6 Å². The van der Waals surface area contributed by atoms with Gasteiger partial charge >= 0.3 is 5.97 Å². The van der Waals surface area contributed by atoms with Gasteiger partial charge in [0, 0.05) is 0 Å². The second-order valence-electron chi connectivity index (χ2n) is 4.15. The molecular formula is C14H9N3O3. The van der Waals surface area contributed by atoms with Gasteiger partial charge in [-0.3, -0.25) is 4.79 Å². The van der Waals surface area contributed by atoms with Crippen LogP contribution in [0, 0.1) is 0 Å². The molecule has 0 fully saturated rings. The van der Waals surface area contributed by atoms with Crippen molar-refractivity contribution in [2.45, 2.75) is 0 Å². The zero-order valence-electron chi connectivity index (χ0n) is 10.2. The third-order valence-electron chi connectivity index (χ3n) is 2.92. The second kappa shape index (κ2) is 4.58. The van der Waals surface area contributed by atoms with Crippen LogP contribution in [0.3, 0.4) is 0 Å². The average molecular weight is 267 g/mol. The van der Waals surface area contributed by atoms with Crippen LogP contribution in [0.4, 0.5) is 0 Å². The number of hydrogen-bond donors (Lipinski definition) is 1. The lowest BCUT2D eigenvalue weighted by atomic mass is 10.1. The van der Waals surface area contributed by atoms with Crippen LogP contribution in [0.2, 0.25) is 0 Å². The Kier molecular flexibility index (Phi) is 2.76. The summed E-state index contributed by atoms with van der Waals surface area (Å²) >= 11 is 0. The molecule has 0 unspecified atom stereocenters. The summed E-state index contributed by atoms with van der Waals surface area (Å²) in [4.78, 5) is 23.5. The number of fused-ring (bicyclic) bond motifs is 1. The molecule has 3 rings (SSSR count). The van der Waals surface area contributed by atoms with Gasteiger partial charge in [0.2, 0.25) is 0 Å². The highest BCUT2D eigenvalue weighted by Gasteiger charge is 2.14. The quantitative estimate of drug-likeness (QED) is 0.760. The Labute approximate surface area is 112 Å². The number of carboxylic acids is 1. The number of hydrogen-bond acceptors (Lipinski definition) is 4. The largest absolute Gasteiger partial charge is 0.478 e. The van der Waals surface area contributed by atoms with E-state index in [9.17, 15) is 9.59 Å². The number of nitrogens with zero attached hydrogens (tertiary/aromatic N) is 3. The van der Waals surface area contributed by atoms with Crippen molar-refractivity contribution in [2.24, 2.45) is 0 Å². The van der Waals surface area contributed by atoms with E-state index in [1.807, 2.05) is 6.07 Å². The molecular weight excluding hydrogens is 258 g/mol. The summed E-state index contributed by atoms with van der Waals surface area (Å²) in [5.74, 6) is -1.14. The summed E-state index contributed by atoms with van der Waals surface area (Å²) < 4.78 is 1.15. The normalized spacial score (nSPS) is 10.6. The molecule has 0 aliphatic heterocycles. The van der Waals surface area contributed by atoms with Gasteiger partial charge in [0.15, 0.2) is 0 Å². The van der Waals surface area contributed by atoms with Crippen molar-refractivity contribution in [3.05, 3.63) is 64.4 Å². The lowest BCUT2D eigenvalue weighted by molar-refractivity contribution is 0.0698. The lowest BCUT2D eigenvalue weighted by Crippen LogP contribution is -2.23. The first-order chi connectivity index (χ1) is 9.68. The summed E-state index contributed by atoms with van der Waals surface area (Å²) in [6.07, 6.45) is 0. The zero-order chi connectivity index (χ0) is 14.1. The maximum absolute atomic E-state index is 12.4. The SMILES string of the molecule is O=C(O)c1cccc2c(=O)n(-c3ccccc3)nnc12. The molecule has 1 aromatic heterocycles. The zero-order valence-corrected chi connectivity index (χ0v) is 10.2. The maximum atomic E-state index is 12.4. The van der Waals surface area contributed by atoms with Crippen molar-refractivity contribution in [3.8, 4) is 5.69 Å². The van der Waals surface area contributed by atoms with Crippen molar-refractivity contribution in [1.82, 2.24) is 15.0 Å². The third-order valence-corrected chi connectivity index (χ3v) is 2.92. The Morgan fingerprint density at radius 1 is 1.05 bits per heavy atom. The van der Waals surface area contributed by atoms with Crippen molar-refractivity contribution >= 4 is 16.9 Å². The van der Waals surface area contributed by atoms with E-state index in [1.165, 1.54) is 18.2 Å². The van der Waals surface area contributed by atoms with Gasteiger partial charge in [-0.05, 0) is 24.3 Å². The molecule has 3 aromatic rings. The van der Waals surface area contributed by atoms with Crippen molar-refractivity contribution in [1.29, 1.82) is 0 Å². The molecule has 0 aliphatic rings. The fourth-order valence-electron chi connectivity index (χ4n) is 1.98. The summed E-state index contributed by atoms with van der Waals surface area (Å²) in [7, 11) is 0. The van der Waals surface area contributed by atoms with Crippen molar-refractivity contribution < 1.29 is 9.90 Å². The van der Waals surface area contributed by atoms with Gasteiger partial charge in [-0.15, -0.1) is 5.10 Å². The fraction of sp³-hybridized carbons (Fsp3) is 0. The summed E-state index contributed by atoms with van der Waals surface area (Å²) in [6, 6.07) is 13.3. The average Bonchev–Trinajstić information content (AvgIpc) is 2.48. The predicted octanol–water partition coefficient (Wildman–Crippen LogP) is 1.48. The van der Waals surface area contributed by atoms with Gasteiger partial charge in [0.1, 0.15) is 5.52 Å². The number of aromatic nitrogens is 3. The van der Waals surface area contributed by atoms with Crippen LogP contribution in [-0.4, -0.2) is 26.1 Å². The maximum Gasteiger partial charge on any atom is 0.337 e. The second-order valence-corrected chi connectivity index (χ2v) is 4.15. The van der Waals surface area contributed by atoms with Gasteiger partial charge < -0.3 is 5.11 Å². The van der Waals surface area contributed by atoms with E-state index >= 15 is 0 Å². The standard InChI is InChI=1S/C14H9N3O3/c18-13-10-7-4-8-11(14(19)20)12(10)15-16-17(13)9-5-2-1-3-6-9/h1-8H,(H,19,20). The molecule has 0 saturated heterocycles. The number of para-hydroxylation sites is 1. The molecule has 98 valence electrons. The number of carbonyl (C=O) groups is 1. The minimum Gasteiger partial charge on any atom is -0.478 e. The van der Waals surface area contributed by atoms with E-state index < -0.39 is 11.5 Å². The first kappa shape index (κ1) is 12.0. The molecule has 20 heavy (non-hydrogen) atoms. The summed E-state index contributed by atoms with van der Waals surface area (Å²) in [6.45, 7) is 0. The van der Waals surface area contributed by atoms with E-state index in [0.717, 1.165) is 4.68 Å². The molecule has 6 heteroatoms. The van der Waals surface area contributed by atoms with E-state index in [1.54, 1.807) is 24.3 Å². The van der Waals surface area contributed by atoms with Gasteiger partial charge in [-0.25, -0.2) is 4.79 Å². The summed E-state index contributed by atoms with van der Waals surface area (Å²) in [5, 5.41) is 17.0. The molecule has 6 nitrogen and oxygen atoms in total. The van der Waals surface area contributed by atoms with E-state index in [0.29, 0.717) is 5.69 Å². The molecule has 0 bridgehead atoms. The lowest BCUT2D eigenvalue weighted by Gasteiger charge is -2.05. The highest BCUT2D eigenvalue weighted by atomic mass is 16.4. The number of benzene rings is 2. The minimum atomic E-state index is -1.14. The van der Waals surface area contributed by atoms with Crippen LogP contribution >= 0.6 is 0 Å². The Morgan fingerprint density at radius 2 is 1.80 bits per heavy atom. The number of rotatable bonds is 2. The van der Waals surface area contributed by atoms with E-state index in [-0.39, 0.29) is 16.5 Å². The van der Waals surface area contributed by atoms with E-state index in [4.69, 9.17) is 5.11 Å². The molecule has 0 spiro atoms. The number of aromatic carboxylic acids is 1. The Bertz CT molecular complexity index is 856. The van der Waals surface area contributed by atoms with Crippen LogP contribution in [0.5, 0.6) is 0 Å². The first-order valence-electron chi connectivity index (χ1n) is 5.86. The molecule has 0 saturated carbocycles. The predicted molar refractivity (Wildman–Crippen MR) is 72.1 cm³/mol. The molecule has 1 heterocycles. The van der Waals surface area contributed by atoms with Crippen LogP contribution < -0.4 is 5.56 Å². The molecule has 0 aliphatic carbocycles. The monoisotopic (exact) mass is 267 g/mol. The van der Waals surface area contributed by atoms with Crippen LogP contribution in [-0.2, 0) is 0 Å². The highest BCUT2D eigenvalue weighted by molar-refractivity contribution is 6.01. The number of carboxylic acid groups (broad SMARTS) is 1. The first-order valence-corrected chi connectivity index (χ1v) is 5.86. The molecule has 2 aromatic carbocycles. The highest BCUT2D eigenvalue weighted by Crippen LogP contribution is 2.13. The van der Waals surface area contributed by atoms with Crippen LogP contribution in [0.15, 0.2) is 53.3 Å². The molecule has 0 atom stereocenters. The van der Waals surface area contributed by atoms with Gasteiger partial charge in [0.05, 0.1) is 16.6 Å². The van der Waals surface area contributed by atoms with Gasteiger partial charge in [0.25, 0.3) is 5.56 Å².